The first kappa shape index (κ1) is 17.8. The van der Waals surface area contributed by atoms with Gasteiger partial charge in [0, 0.05) is 18.7 Å². The topological polar surface area (TPSA) is 42.7 Å². The van der Waals surface area contributed by atoms with Crippen LogP contribution in [0.3, 0.4) is 0 Å². The summed E-state index contributed by atoms with van der Waals surface area (Å²) < 4.78 is 11.2. The summed E-state index contributed by atoms with van der Waals surface area (Å²) >= 11 is 0. The lowest BCUT2D eigenvalue weighted by atomic mass is 9.89. The van der Waals surface area contributed by atoms with Crippen molar-refractivity contribution < 1.29 is 9.15 Å². The highest BCUT2D eigenvalue weighted by Crippen LogP contribution is 2.27. The predicted octanol–water partition coefficient (Wildman–Crippen LogP) is 4.44. The number of likely N-dealkylation sites (tertiary alicyclic amines) is 1. The van der Waals surface area contributed by atoms with Gasteiger partial charge in [0.25, 0.3) is 0 Å². The minimum Gasteiger partial charge on any atom is -0.493 e. The molecule has 27 heavy (non-hydrogen) atoms. The summed E-state index contributed by atoms with van der Waals surface area (Å²) in [6.45, 7) is 4.03. The first-order valence-electron chi connectivity index (χ1n) is 9.71. The summed E-state index contributed by atoms with van der Waals surface area (Å²) in [5, 5.41) is 0.589. The molecular weight excluding hydrogens is 338 g/mol. The number of hydrogen-bond donors (Lipinski definition) is 0. The molecule has 1 aromatic heterocycles. The number of nitrogens with zero attached hydrogens (tertiary/aromatic N) is 1. The minimum atomic E-state index is -0.0262. The fourth-order valence-electron chi connectivity index (χ4n) is 3.85. The molecule has 2 aromatic carbocycles. The van der Waals surface area contributed by atoms with E-state index in [4.69, 9.17) is 9.15 Å². The largest absolute Gasteiger partial charge is 0.493 e. The monoisotopic (exact) mass is 363 g/mol. The van der Waals surface area contributed by atoms with Gasteiger partial charge in [-0.25, -0.2) is 0 Å². The predicted molar refractivity (Wildman–Crippen MR) is 107 cm³/mol. The van der Waals surface area contributed by atoms with Gasteiger partial charge in [0.2, 0.25) is 0 Å². The molecule has 0 spiro atoms. The molecule has 1 saturated heterocycles. The van der Waals surface area contributed by atoms with Crippen molar-refractivity contribution in [2.24, 2.45) is 0 Å². The van der Waals surface area contributed by atoms with Gasteiger partial charge in [0.1, 0.15) is 11.3 Å². The molecule has 0 aliphatic carbocycles. The third-order valence-corrected chi connectivity index (χ3v) is 5.38. The van der Waals surface area contributed by atoms with Crippen molar-refractivity contribution >= 4 is 11.0 Å². The molecule has 0 saturated carbocycles. The second-order valence-electron chi connectivity index (χ2n) is 7.17. The summed E-state index contributed by atoms with van der Waals surface area (Å²) in [6.07, 6.45) is 4.88. The van der Waals surface area contributed by atoms with Crippen molar-refractivity contribution in [1.82, 2.24) is 4.90 Å². The number of fused-ring (bicyclic) bond motifs is 1. The van der Waals surface area contributed by atoms with E-state index in [1.807, 2.05) is 6.07 Å². The average Bonchev–Trinajstić information content (AvgIpc) is 2.72. The van der Waals surface area contributed by atoms with Gasteiger partial charge >= 0.3 is 0 Å². The summed E-state index contributed by atoms with van der Waals surface area (Å²) in [5.74, 6) is 1.45. The van der Waals surface area contributed by atoms with Crippen molar-refractivity contribution in [2.45, 2.75) is 25.2 Å². The number of ether oxygens (including phenoxy) is 1. The lowest BCUT2D eigenvalue weighted by molar-refractivity contribution is 0.193. The van der Waals surface area contributed by atoms with Crippen LogP contribution in [-0.4, -0.2) is 31.1 Å². The molecule has 1 fully saturated rings. The van der Waals surface area contributed by atoms with E-state index in [0.717, 1.165) is 31.8 Å². The maximum Gasteiger partial charge on any atom is 0.192 e. The lowest BCUT2D eigenvalue weighted by Gasteiger charge is -2.32. The Morgan fingerprint density at radius 1 is 1.04 bits per heavy atom. The quantitative estimate of drug-likeness (QED) is 0.607. The van der Waals surface area contributed by atoms with Crippen LogP contribution in [-0.2, 0) is 0 Å². The average molecular weight is 363 g/mol. The zero-order valence-corrected chi connectivity index (χ0v) is 15.5. The maximum absolute atomic E-state index is 11.7. The fourth-order valence-corrected chi connectivity index (χ4v) is 3.85. The summed E-state index contributed by atoms with van der Waals surface area (Å²) in [4.78, 5) is 14.3. The fraction of sp³-hybridized carbons (Fsp3) is 0.348. The molecule has 0 atom stereocenters. The second kappa shape index (κ2) is 8.40. The van der Waals surface area contributed by atoms with Gasteiger partial charge in [0.15, 0.2) is 5.43 Å². The lowest BCUT2D eigenvalue weighted by Crippen LogP contribution is -2.34. The van der Waals surface area contributed by atoms with Gasteiger partial charge < -0.3 is 14.1 Å². The highest BCUT2D eigenvalue weighted by molar-refractivity contribution is 5.77. The van der Waals surface area contributed by atoms with Crippen LogP contribution in [0.5, 0.6) is 5.75 Å². The molecule has 0 amide bonds. The van der Waals surface area contributed by atoms with E-state index in [0.29, 0.717) is 23.5 Å². The Balaban J connectivity index is 1.21. The van der Waals surface area contributed by atoms with Crippen LogP contribution >= 0.6 is 0 Å². The van der Waals surface area contributed by atoms with Crippen LogP contribution in [0.15, 0.2) is 70.1 Å². The number of piperidine rings is 1. The van der Waals surface area contributed by atoms with E-state index in [1.165, 1.54) is 30.7 Å². The van der Waals surface area contributed by atoms with E-state index in [2.05, 4.69) is 35.2 Å². The molecule has 0 N–H and O–H groups in total. The highest BCUT2D eigenvalue weighted by atomic mass is 16.5. The first-order chi connectivity index (χ1) is 13.3. The SMILES string of the molecule is O=c1ccoc2cc(OCCCN3CCC(c4ccccc4)CC3)ccc12. The zero-order chi connectivity index (χ0) is 18.5. The summed E-state index contributed by atoms with van der Waals surface area (Å²) in [5.41, 5.74) is 2.02. The van der Waals surface area contributed by atoms with Gasteiger partial charge in [-0.2, -0.15) is 0 Å². The van der Waals surface area contributed by atoms with Crippen molar-refractivity contribution in [1.29, 1.82) is 0 Å². The minimum absolute atomic E-state index is 0.0262. The van der Waals surface area contributed by atoms with Gasteiger partial charge in [-0.05, 0) is 56.0 Å². The van der Waals surface area contributed by atoms with Crippen LogP contribution in [0, 0.1) is 0 Å². The first-order valence-corrected chi connectivity index (χ1v) is 9.71. The highest BCUT2D eigenvalue weighted by Gasteiger charge is 2.19. The van der Waals surface area contributed by atoms with Crippen LogP contribution < -0.4 is 10.2 Å². The van der Waals surface area contributed by atoms with Crippen LogP contribution in [0.4, 0.5) is 0 Å². The second-order valence-corrected chi connectivity index (χ2v) is 7.17. The normalized spacial score (nSPS) is 15.9. The summed E-state index contributed by atoms with van der Waals surface area (Å²) in [7, 11) is 0. The van der Waals surface area contributed by atoms with E-state index < -0.39 is 0 Å². The van der Waals surface area contributed by atoms with Crippen molar-refractivity contribution in [3.05, 3.63) is 76.6 Å². The van der Waals surface area contributed by atoms with Crippen molar-refractivity contribution in [3.63, 3.8) is 0 Å². The molecule has 4 rings (SSSR count). The Morgan fingerprint density at radius 3 is 2.67 bits per heavy atom. The van der Waals surface area contributed by atoms with Crippen LogP contribution in [0.25, 0.3) is 11.0 Å². The molecular formula is C23H25NO3. The number of benzene rings is 2. The molecule has 0 radical (unpaired) electrons. The maximum atomic E-state index is 11.7. The molecule has 0 unspecified atom stereocenters. The van der Waals surface area contributed by atoms with E-state index in [1.54, 1.807) is 12.1 Å². The molecule has 0 bridgehead atoms. The van der Waals surface area contributed by atoms with Gasteiger partial charge in [0.05, 0.1) is 18.3 Å². The molecule has 1 aliphatic heterocycles. The zero-order valence-electron chi connectivity index (χ0n) is 15.5. The molecule has 140 valence electrons. The van der Waals surface area contributed by atoms with Crippen LogP contribution in [0.2, 0.25) is 0 Å². The molecule has 1 aliphatic rings. The van der Waals surface area contributed by atoms with Crippen LogP contribution in [0.1, 0.15) is 30.7 Å². The third kappa shape index (κ3) is 4.40. The molecule has 4 heteroatoms. The smallest absolute Gasteiger partial charge is 0.192 e. The molecule has 2 heterocycles. The number of hydrogen-bond acceptors (Lipinski definition) is 4. The van der Waals surface area contributed by atoms with Crippen molar-refractivity contribution in [3.8, 4) is 5.75 Å². The Kier molecular flexibility index (Phi) is 5.54. The Hall–Kier alpha value is -2.59. The number of rotatable bonds is 6. The summed E-state index contributed by atoms with van der Waals surface area (Å²) in [6, 6.07) is 17.7. The van der Waals surface area contributed by atoms with Gasteiger partial charge in [-0.3, -0.25) is 4.79 Å². The Morgan fingerprint density at radius 2 is 1.85 bits per heavy atom. The third-order valence-electron chi connectivity index (χ3n) is 5.38. The van der Waals surface area contributed by atoms with Gasteiger partial charge in [-0.15, -0.1) is 0 Å². The Bertz CT molecular complexity index is 927. The van der Waals surface area contributed by atoms with E-state index >= 15 is 0 Å². The Labute approximate surface area is 159 Å². The molecule has 4 nitrogen and oxygen atoms in total. The van der Waals surface area contributed by atoms with E-state index in [9.17, 15) is 4.79 Å². The standard InChI is InChI=1S/C23H25NO3/c25-22-11-16-27-23-17-20(7-8-21(22)23)26-15-4-12-24-13-9-19(10-14-24)18-5-2-1-3-6-18/h1-3,5-8,11,16-17,19H,4,9-10,12-15H2. The van der Waals surface area contributed by atoms with E-state index in [-0.39, 0.29) is 5.43 Å². The molecule has 3 aromatic rings. The van der Waals surface area contributed by atoms with Crippen molar-refractivity contribution in [2.75, 3.05) is 26.2 Å². The van der Waals surface area contributed by atoms with Gasteiger partial charge in [-0.1, -0.05) is 30.3 Å².